The molecule has 1 amide bonds. The highest BCUT2D eigenvalue weighted by Crippen LogP contribution is 2.36. The molecule has 4 nitrogen and oxygen atoms in total. The van der Waals surface area contributed by atoms with E-state index in [2.05, 4.69) is 13.8 Å². The fraction of sp³-hybridized carbons (Fsp3) is 0.929. The Labute approximate surface area is 111 Å². The number of amides is 1. The van der Waals surface area contributed by atoms with Gasteiger partial charge in [-0.2, -0.15) is 0 Å². The second-order valence-electron chi connectivity index (χ2n) is 6.79. The molecule has 1 atom stereocenters. The van der Waals surface area contributed by atoms with Crippen molar-refractivity contribution in [2.75, 3.05) is 6.54 Å². The van der Waals surface area contributed by atoms with E-state index in [-0.39, 0.29) is 17.7 Å². The Hall–Kier alpha value is -0.770. The number of nitrogens with two attached hydrogens (primary N) is 1. The van der Waals surface area contributed by atoms with Gasteiger partial charge in [0.25, 0.3) is 0 Å². The molecule has 0 aromatic rings. The topological polar surface area (TPSA) is 55.6 Å². The molecule has 4 heteroatoms. The number of ether oxygens (including phenoxy) is 1. The third-order valence-electron chi connectivity index (χ3n) is 3.44. The van der Waals surface area contributed by atoms with E-state index in [0.29, 0.717) is 6.54 Å². The zero-order valence-corrected chi connectivity index (χ0v) is 12.5. The first-order valence-corrected chi connectivity index (χ1v) is 6.90. The van der Waals surface area contributed by atoms with Crippen LogP contribution in [0.3, 0.4) is 0 Å². The lowest BCUT2D eigenvalue weighted by molar-refractivity contribution is 0.00293. The molecule has 1 heterocycles. The molecule has 1 saturated heterocycles. The Morgan fingerprint density at radius 2 is 2.06 bits per heavy atom. The SMILES string of the molecule is CC(C)(C)OC(=O)N1C(CCCN)CCC1(C)C. The third kappa shape index (κ3) is 3.87. The quantitative estimate of drug-likeness (QED) is 0.844. The van der Waals surface area contributed by atoms with Crippen LogP contribution in [0.1, 0.15) is 60.3 Å². The summed E-state index contributed by atoms with van der Waals surface area (Å²) in [5.41, 5.74) is 5.02. The Kier molecular flexibility index (Phi) is 4.65. The third-order valence-corrected chi connectivity index (χ3v) is 3.44. The van der Waals surface area contributed by atoms with Crippen LogP contribution in [0, 0.1) is 0 Å². The minimum Gasteiger partial charge on any atom is -0.444 e. The number of hydrogen-bond donors (Lipinski definition) is 1. The standard InChI is InChI=1S/C14H28N2O2/c1-13(2,3)18-12(17)16-11(7-6-10-15)8-9-14(16,4)5/h11H,6-10,15H2,1-5H3. The van der Waals surface area contributed by atoms with Crippen LogP contribution in [0.2, 0.25) is 0 Å². The molecule has 1 rings (SSSR count). The van der Waals surface area contributed by atoms with Crippen LogP contribution in [0.15, 0.2) is 0 Å². The Morgan fingerprint density at radius 3 is 2.56 bits per heavy atom. The van der Waals surface area contributed by atoms with Gasteiger partial charge >= 0.3 is 6.09 Å². The summed E-state index contributed by atoms with van der Waals surface area (Å²) < 4.78 is 5.52. The largest absolute Gasteiger partial charge is 0.444 e. The van der Waals surface area contributed by atoms with E-state index in [1.807, 2.05) is 25.7 Å². The van der Waals surface area contributed by atoms with E-state index in [0.717, 1.165) is 25.7 Å². The lowest BCUT2D eigenvalue weighted by atomic mass is 10.0. The molecular formula is C14H28N2O2. The summed E-state index contributed by atoms with van der Waals surface area (Å²) in [4.78, 5) is 14.2. The summed E-state index contributed by atoms with van der Waals surface area (Å²) in [6.45, 7) is 10.6. The molecule has 106 valence electrons. The number of nitrogens with zero attached hydrogens (tertiary/aromatic N) is 1. The van der Waals surface area contributed by atoms with E-state index in [9.17, 15) is 4.79 Å². The van der Waals surface area contributed by atoms with Crippen LogP contribution in [0.5, 0.6) is 0 Å². The number of carbonyl (C=O) groups excluding carboxylic acids is 1. The van der Waals surface area contributed by atoms with Gasteiger partial charge in [0.1, 0.15) is 5.60 Å². The van der Waals surface area contributed by atoms with Crippen molar-refractivity contribution in [1.29, 1.82) is 0 Å². The van der Waals surface area contributed by atoms with E-state index in [1.165, 1.54) is 0 Å². The van der Waals surface area contributed by atoms with Crippen LogP contribution in [0.25, 0.3) is 0 Å². The van der Waals surface area contributed by atoms with Gasteiger partial charge < -0.3 is 15.4 Å². The van der Waals surface area contributed by atoms with Crippen molar-refractivity contribution in [3.8, 4) is 0 Å². The maximum atomic E-state index is 12.3. The number of rotatable bonds is 3. The Balaban J connectivity index is 2.75. The highest BCUT2D eigenvalue weighted by atomic mass is 16.6. The Morgan fingerprint density at radius 1 is 1.44 bits per heavy atom. The van der Waals surface area contributed by atoms with Gasteiger partial charge in [0.05, 0.1) is 0 Å². The molecule has 1 aliphatic heterocycles. The molecule has 18 heavy (non-hydrogen) atoms. The highest BCUT2D eigenvalue weighted by Gasteiger charge is 2.43. The monoisotopic (exact) mass is 256 g/mol. The summed E-state index contributed by atoms with van der Waals surface area (Å²) >= 11 is 0. The summed E-state index contributed by atoms with van der Waals surface area (Å²) in [6, 6.07) is 0.276. The van der Waals surface area contributed by atoms with Crippen molar-refractivity contribution in [3.05, 3.63) is 0 Å². The average Bonchev–Trinajstić information content (AvgIpc) is 2.48. The van der Waals surface area contributed by atoms with E-state index in [1.54, 1.807) is 0 Å². The van der Waals surface area contributed by atoms with Gasteiger partial charge in [-0.1, -0.05) is 0 Å². The van der Waals surface area contributed by atoms with Crippen molar-refractivity contribution in [2.45, 2.75) is 77.5 Å². The molecule has 1 fully saturated rings. The summed E-state index contributed by atoms with van der Waals surface area (Å²) in [5.74, 6) is 0. The van der Waals surface area contributed by atoms with Gasteiger partial charge in [-0.3, -0.25) is 0 Å². The minimum absolute atomic E-state index is 0.110. The second kappa shape index (κ2) is 5.47. The highest BCUT2D eigenvalue weighted by molar-refractivity contribution is 5.70. The van der Waals surface area contributed by atoms with E-state index >= 15 is 0 Å². The van der Waals surface area contributed by atoms with Crippen LogP contribution in [0.4, 0.5) is 4.79 Å². The number of hydrogen-bond acceptors (Lipinski definition) is 3. The normalized spacial score (nSPS) is 23.2. The van der Waals surface area contributed by atoms with Crippen molar-refractivity contribution in [3.63, 3.8) is 0 Å². The van der Waals surface area contributed by atoms with Gasteiger partial charge in [0, 0.05) is 11.6 Å². The summed E-state index contributed by atoms with van der Waals surface area (Å²) in [7, 11) is 0. The van der Waals surface area contributed by atoms with E-state index < -0.39 is 5.60 Å². The fourth-order valence-electron chi connectivity index (χ4n) is 2.60. The molecule has 2 N–H and O–H groups in total. The van der Waals surface area contributed by atoms with Crippen LogP contribution < -0.4 is 5.73 Å². The molecule has 0 aliphatic carbocycles. The molecule has 0 aromatic carbocycles. The van der Waals surface area contributed by atoms with Crippen molar-refractivity contribution < 1.29 is 9.53 Å². The first kappa shape index (κ1) is 15.3. The van der Waals surface area contributed by atoms with Crippen LogP contribution in [-0.4, -0.2) is 34.7 Å². The Bertz CT molecular complexity index is 295. The maximum Gasteiger partial charge on any atom is 0.410 e. The molecule has 1 aliphatic rings. The molecule has 1 unspecified atom stereocenters. The first-order chi connectivity index (χ1) is 8.17. The smallest absolute Gasteiger partial charge is 0.410 e. The fourth-order valence-corrected chi connectivity index (χ4v) is 2.60. The van der Waals surface area contributed by atoms with Gasteiger partial charge in [-0.25, -0.2) is 4.79 Å². The molecule has 0 spiro atoms. The summed E-state index contributed by atoms with van der Waals surface area (Å²) in [5, 5.41) is 0. The minimum atomic E-state index is -0.436. The molecule has 0 saturated carbocycles. The van der Waals surface area contributed by atoms with Crippen LogP contribution >= 0.6 is 0 Å². The maximum absolute atomic E-state index is 12.3. The first-order valence-electron chi connectivity index (χ1n) is 6.90. The molecular weight excluding hydrogens is 228 g/mol. The van der Waals surface area contributed by atoms with Crippen molar-refractivity contribution in [1.82, 2.24) is 4.90 Å². The zero-order chi connectivity index (χ0) is 14.0. The van der Waals surface area contributed by atoms with Gasteiger partial charge in [0.2, 0.25) is 0 Å². The van der Waals surface area contributed by atoms with E-state index in [4.69, 9.17) is 10.5 Å². The van der Waals surface area contributed by atoms with Gasteiger partial charge in [0.15, 0.2) is 0 Å². The second-order valence-corrected chi connectivity index (χ2v) is 6.79. The van der Waals surface area contributed by atoms with Gasteiger partial charge in [-0.05, 0) is 66.8 Å². The number of likely N-dealkylation sites (tertiary alicyclic amines) is 1. The number of carbonyl (C=O) groups is 1. The molecule has 0 radical (unpaired) electrons. The van der Waals surface area contributed by atoms with Crippen molar-refractivity contribution >= 4 is 6.09 Å². The average molecular weight is 256 g/mol. The lowest BCUT2D eigenvalue weighted by Gasteiger charge is -2.37. The van der Waals surface area contributed by atoms with Crippen molar-refractivity contribution in [2.24, 2.45) is 5.73 Å². The van der Waals surface area contributed by atoms with Gasteiger partial charge in [-0.15, -0.1) is 0 Å². The lowest BCUT2D eigenvalue weighted by Crippen LogP contribution is -2.49. The molecule has 0 bridgehead atoms. The summed E-state index contributed by atoms with van der Waals surface area (Å²) in [6.07, 6.45) is 3.82. The van der Waals surface area contributed by atoms with Crippen LogP contribution in [-0.2, 0) is 4.74 Å². The zero-order valence-electron chi connectivity index (χ0n) is 12.5. The predicted octanol–water partition coefficient (Wildman–Crippen LogP) is 2.90. The molecule has 0 aromatic heterocycles. The predicted molar refractivity (Wildman–Crippen MR) is 73.5 cm³/mol.